The van der Waals surface area contributed by atoms with Gasteiger partial charge >= 0.3 is 11.9 Å². The highest BCUT2D eigenvalue weighted by Crippen LogP contribution is 2.24. The lowest BCUT2D eigenvalue weighted by Gasteiger charge is -2.32. The van der Waals surface area contributed by atoms with Crippen molar-refractivity contribution < 1.29 is 28.7 Å². The zero-order valence-electron chi connectivity index (χ0n) is 11.4. The Morgan fingerprint density at radius 1 is 1.32 bits per heavy atom. The Bertz CT molecular complexity index is 406. The minimum Gasteiger partial charge on any atom is -0.422 e. The van der Waals surface area contributed by atoms with Gasteiger partial charge in [0.25, 0.3) is 5.79 Å². The number of cyclic esters (lactones) is 2. The van der Waals surface area contributed by atoms with E-state index >= 15 is 0 Å². The van der Waals surface area contributed by atoms with Gasteiger partial charge in [-0.2, -0.15) is 0 Å². The molecule has 106 valence electrons. The first-order valence-electron chi connectivity index (χ1n) is 5.90. The molecule has 0 radical (unpaired) electrons. The van der Waals surface area contributed by atoms with Gasteiger partial charge in [-0.1, -0.05) is 5.16 Å². The van der Waals surface area contributed by atoms with E-state index in [1.165, 1.54) is 13.8 Å². The van der Waals surface area contributed by atoms with Gasteiger partial charge in [-0.15, -0.1) is 0 Å². The summed E-state index contributed by atoms with van der Waals surface area (Å²) in [5.41, 5.74) is 0.372. The van der Waals surface area contributed by atoms with Crippen LogP contribution in [-0.2, 0) is 28.7 Å². The molecule has 0 saturated carbocycles. The monoisotopic (exact) mass is 271 g/mol. The third kappa shape index (κ3) is 4.04. The zero-order valence-corrected chi connectivity index (χ0v) is 11.4. The second kappa shape index (κ2) is 5.81. The van der Waals surface area contributed by atoms with Gasteiger partial charge in [0.2, 0.25) is 5.92 Å². The van der Waals surface area contributed by atoms with E-state index in [9.17, 15) is 14.4 Å². The number of carbonyl (C=O) groups excluding carboxylic acids is 3. The van der Waals surface area contributed by atoms with E-state index in [0.717, 1.165) is 0 Å². The summed E-state index contributed by atoms with van der Waals surface area (Å²) in [6, 6.07) is 0. The molecule has 1 aliphatic rings. The Kier molecular flexibility index (Phi) is 4.63. The molecule has 7 heteroatoms. The molecule has 0 bridgehead atoms. The Morgan fingerprint density at radius 2 is 1.84 bits per heavy atom. The second-order valence-electron chi connectivity index (χ2n) is 4.56. The highest BCUT2D eigenvalue weighted by atomic mass is 16.7. The molecule has 1 aliphatic heterocycles. The summed E-state index contributed by atoms with van der Waals surface area (Å²) in [7, 11) is 0. The first-order valence-corrected chi connectivity index (χ1v) is 5.90. The van der Waals surface area contributed by atoms with Crippen LogP contribution in [0, 0.1) is 5.92 Å². The predicted molar refractivity (Wildman–Crippen MR) is 64.1 cm³/mol. The van der Waals surface area contributed by atoms with E-state index in [2.05, 4.69) is 5.16 Å². The average Bonchev–Trinajstić information content (AvgIpc) is 2.23. The van der Waals surface area contributed by atoms with Crippen LogP contribution in [0.4, 0.5) is 0 Å². The molecule has 19 heavy (non-hydrogen) atoms. The summed E-state index contributed by atoms with van der Waals surface area (Å²) < 4.78 is 9.73. The van der Waals surface area contributed by atoms with Gasteiger partial charge in [-0.05, 0) is 13.8 Å². The van der Waals surface area contributed by atoms with Crippen LogP contribution in [-0.4, -0.2) is 35.8 Å². The van der Waals surface area contributed by atoms with Crippen molar-refractivity contribution in [1.82, 2.24) is 0 Å². The van der Waals surface area contributed by atoms with Crippen molar-refractivity contribution in [2.24, 2.45) is 11.1 Å². The fourth-order valence-corrected chi connectivity index (χ4v) is 1.54. The predicted octanol–water partition coefficient (Wildman–Crippen LogP) is 0.810. The molecule has 0 aromatic rings. The van der Waals surface area contributed by atoms with Gasteiger partial charge in [0.15, 0.2) is 5.78 Å². The number of nitrogens with zero attached hydrogens (tertiary/aromatic N) is 1. The van der Waals surface area contributed by atoms with Crippen LogP contribution in [0.15, 0.2) is 5.16 Å². The van der Waals surface area contributed by atoms with Gasteiger partial charge < -0.3 is 14.3 Å². The Balaban J connectivity index is 2.72. The maximum absolute atomic E-state index is 11.9. The molecule has 0 atom stereocenters. The molecular weight excluding hydrogens is 254 g/mol. The molecule has 1 heterocycles. The largest absolute Gasteiger partial charge is 0.422 e. The molecule has 0 N–H and O–H groups in total. The van der Waals surface area contributed by atoms with E-state index in [4.69, 9.17) is 14.3 Å². The zero-order chi connectivity index (χ0) is 14.6. The summed E-state index contributed by atoms with van der Waals surface area (Å²) >= 11 is 0. The van der Waals surface area contributed by atoms with E-state index in [1.807, 2.05) is 0 Å². The van der Waals surface area contributed by atoms with Crippen molar-refractivity contribution in [2.75, 3.05) is 6.61 Å². The van der Waals surface area contributed by atoms with Gasteiger partial charge in [0.05, 0.1) is 5.71 Å². The van der Waals surface area contributed by atoms with Gasteiger partial charge in [-0.3, -0.25) is 14.4 Å². The van der Waals surface area contributed by atoms with Gasteiger partial charge in [0, 0.05) is 20.3 Å². The lowest BCUT2D eigenvalue weighted by molar-refractivity contribution is -0.238. The number of Topliss-reactive ketones (excluding diaryl/α,β-unsaturated/α-hetero) is 1. The lowest BCUT2D eigenvalue weighted by atomic mass is 9.99. The summed E-state index contributed by atoms with van der Waals surface area (Å²) in [6.45, 7) is 6.53. The quantitative estimate of drug-likeness (QED) is 0.318. The normalized spacial score (nSPS) is 19.7. The number of oxime groups is 1. The van der Waals surface area contributed by atoms with Gasteiger partial charge in [-0.25, -0.2) is 0 Å². The summed E-state index contributed by atoms with van der Waals surface area (Å²) in [6.07, 6.45) is -0.171. The molecule has 1 fully saturated rings. The van der Waals surface area contributed by atoms with Crippen LogP contribution >= 0.6 is 0 Å². The van der Waals surface area contributed by atoms with E-state index in [0.29, 0.717) is 12.3 Å². The Labute approximate surface area is 110 Å². The molecule has 0 aliphatic carbocycles. The number of esters is 2. The number of rotatable bonds is 5. The molecule has 0 spiro atoms. The van der Waals surface area contributed by atoms with E-state index in [-0.39, 0.29) is 6.42 Å². The fraction of sp³-hybridized carbons (Fsp3) is 0.667. The van der Waals surface area contributed by atoms with Crippen LogP contribution in [0.1, 0.15) is 34.1 Å². The maximum Gasteiger partial charge on any atom is 0.331 e. The van der Waals surface area contributed by atoms with Crippen molar-refractivity contribution in [3.63, 3.8) is 0 Å². The minimum atomic E-state index is -1.54. The minimum absolute atomic E-state index is 0.171. The van der Waals surface area contributed by atoms with E-state index < -0.39 is 29.4 Å². The smallest absolute Gasteiger partial charge is 0.331 e. The number of ether oxygens (including phenoxy) is 2. The number of hydrogen-bond donors (Lipinski definition) is 0. The van der Waals surface area contributed by atoms with Crippen LogP contribution in [0.5, 0.6) is 0 Å². The molecule has 1 rings (SSSR count). The van der Waals surface area contributed by atoms with Crippen LogP contribution in [0.2, 0.25) is 0 Å². The maximum atomic E-state index is 11.9. The topological polar surface area (TPSA) is 91.3 Å². The number of ketones is 1. The summed E-state index contributed by atoms with van der Waals surface area (Å²) in [5.74, 6) is -5.28. The van der Waals surface area contributed by atoms with E-state index in [1.54, 1.807) is 13.8 Å². The lowest BCUT2D eigenvalue weighted by Crippen LogP contribution is -2.49. The van der Waals surface area contributed by atoms with Crippen molar-refractivity contribution in [1.29, 1.82) is 0 Å². The van der Waals surface area contributed by atoms with Crippen LogP contribution < -0.4 is 0 Å². The summed E-state index contributed by atoms with van der Waals surface area (Å²) in [5, 5.41) is 3.65. The molecule has 7 nitrogen and oxygen atoms in total. The molecular formula is C12H17NO6. The summed E-state index contributed by atoms with van der Waals surface area (Å²) in [4.78, 5) is 39.9. The molecule has 0 amide bonds. The third-order valence-corrected chi connectivity index (χ3v) is 2.27. The first kappa shape index (κ1) is 15.1. The van der Waals surface area contributed by atoms with Crippen molar-refractivity contribution >= 4 is 23.4 Å². The molecule has 0 unspecified atom stereocenters. The van der Waals surface area contributed by atoms with Crippen LogP contribution in [0.25, 0.3) is 0 Å². The van der Waals surface area contributed by atoms with Crippen LogP contribution in [0.3, 0.4) is 0 Å². The fourth-order valence-electron chi connectivity index (χ4n) is 1.54. The van der Waals surface area contributed by atoms with Crippen molar-refractivity contribution in [3.05, 3.63) is 0 Å². The molecule has 0 aromatic heterocycles. The SMILES string of the molecule is CCON=C(C)CC(=O)C1C(=O)OC(C)(C)OC1=O. The molecule has 1 saturated heterocycles. The second-order valence-corrected chi connectivity index (χ2v) is 4.56. The van der Waals surface area contributed by atoms with Crippen molar-refractivity contribution in [2.45, 2.75) is 39.9 Å². The number of hydrogen-bond acceptors (Lipinski definition) is 7. The molecule has 0 aromatic carbocycles. The number of carbonyl (C=O) groups is 3. The van der Waals surface area contributed by atoms with Crippen molar-refractivity contribution in [3.8, 4) is 0 Å². The highest BCUT2D eigenvalue weighted by Gasteiger charge is 2.46. The Morgan fingerprint density at radius 3 is 2.32 bits per heavy atom. The first-order chi connectivity index (χ1) is 8.76. The average molecular weight is 271 g/mol. The highest BCUT2D eigenvalue weighted by molar-refractivity contribution is 6.19. The standard InChI is InChI=1S/C12H17NO6/c1-5-17-13-7(2)6-8(14)9-10(15)18-12(3,4)19-11(9)16/h9H,5-6H2,1-4H3. The van der Waals surface area contributed by atoms with Gasteiger partial charge in [0.1, 0.15) is 6.61 Å². The third-order valence-electron chi connectivity index (χ3n) is 2.27. The Hall–Kier alpha value is -1.92.